The van der Waals surface area contributed by atoms with Crippen LogP contribution >= 0.6 is 0 Å². The number of hydrogen-bond acceptors (Lipinski definition) is 7. The van der Waals surface area contributed by atoms with Gasteiger partial charge in [0, 0.05) is 31.9 Å². The molecule has 0 atom stereocenters. The van der Waals surface area contributed by atoms with Gasteiger partial charge in [-0.2, -0.15) is 8.42 Å². The lowest BCUT2D eigenvalue weighted by Crippen LogP contribution is -2.09. The van der Waals surface area contributed by atoms with E-state index in [0.29, 0.717) is 37.9 Å². The second-order valence-electron chi connectivity index (χ2n) is 4.65. The van der Waals surface area contributed by atoms with Crippen molar-refractivity contribution in [1.82, 2.24) is 4.98 Å². The van der Waals surface area contributed by atoms with Crippen LogP contribution in [-0.4, -0.2) is 53.2 Å². The highest BCUT2D eigenvalue weighted by Crippen LogP contribution is 2.20. The number of hydrogen-bond donors (Lipinski definition) is 0. The molecule has 8 heteroatoms. The SMILES string of the molecule is COCCOCCCOc1ccnc(COS(C)(=O)=O)c1C. The van der Waals surface area contributed by atoms with Gasteiger partial charge in [-0.25, -0.2) is 0 Å². The highest BCUT2D eigenvalue weighted by molar-refractivity contribution is 7.85. The molecule has 0 radical (unpaired) electrons. The number of rotatable bonds is 11. The molecule has 0 N–H and O–H groups in total. The molecule has 0 aliphatic carbocycles. The van der Waals surface area contributed by atoms with Crippen molar-refractivity contribution >= 4 is 10.1 Å². The van der Waals surface area contributed by atoms with E-state index in [1.54, 1.807) is 19.4 Å². The Hall–Kier alpha value is -1.22. The first kappa shape index (κ1) is 18.8. The predicted molar refractivity (Wildman–Crippen MR) is 81.4 cm³/mol. The van der Waals surface area contributed by atoms with Gasteiger partial charge in [-0.15, -0.1) is 0 Å². The summed E-state index contributed by atoms with van der Waals surface area (Å²) in [7, 11) is -1.86. The molecule has 1 aromatic rings. The van der Waals surface area contributed by atoms with Crippen molar-refractivity contribution in [3.05, 3.63) is 23.5 Å². The molecule has 126 valence electrons. The van der Waals surface area contributed by atoms with E-state index >= 15 is 0 Å². The van der Waals surface area contributed by atoms with Crippen LogP contribution in [0.15, 0.2) is 12.3 Å². The fourth-order valence-corrected chi connectivity index (χ4v) is 1.94. The summed E-state index contributed by atoms with van der Waals surface area (Å²) in [4.78, 5) is 4.11. The van der Waals surface area contributed by atoms with Gasteiger partial charge in [0.15, 0.2) is 0 Å². The number of methoxy groups -OCH3 is 1. The molecule has 0 saturated heterocycles. The van der Waals surface area contributed by atoms with Crippen molar-refractivity contribution in [2.75, 3.05) is 39.8 Å². The van der Waals surface area contributed by atoms with Crippen LogP contribution in [0.25, 0.3) is 0 Å². The Morgan fingerprint density at radius 3 is 2.64 bits per heavy atom. The third-order valence-electron chi connectivity index (χ3n) is 2.79. The smallest absolute Gasteiger partial charge is 0.264 e. The van der Waals surface area contributed by atoms with Crippen molar-refractivity contribution < 1.29 is 26.8 Å². The highest BCUT2D eigenvalue weighted by atomic mass is 32.2. The molecule has 7 nitrogen and oxygen atoms in total. The standard InChI is InChI=1S/C14H23NO6S/c1-12-13(11-21-22(3,16)17)15-6-5-14(12)20-8-4-7-19-10-9-18-2/h5-6H,4,7-11H2,1-3H3. The van der Waals surface area contributed by atoms with Crippen LogP contribution in [0, 0.1) is 6.92 Å². The van der Waals surface area contributed by atoms with E-state index < -0.39 is 10.1 Å². The third-order valence-corrected chi connectivity index (χ3v) is 3.34. The molecule has 0 aromatic carbocycles. The Kier molecular flexibility index (Phi) is 8.32. The summed E-state index contributed by atoms with van der Waals surface area (Å²) in [5.74, 6) is 0.666. The van der Waals surface area contributed by atoms with Crippen molar-refractivity contribution in [1.29, 1.82) is 0 Å². The quantitative estimate of drug-likeness (QED) is 0.446. The van der Waals surface area contributed by atoms with E-state index in [1.165, 1.54) is 0 Å². The van der Waals surface area contributed by atoms with Crippen molar-refractivity contribution in [3.63, 3.8) is 0 Å². The largest absolute Gasteiger partial charge is 0.493 e. The van der Waals surface area contributed by atoms with Gasteiger partial charge in [-0.05, 0) is 13.0 Å². The lowest BCUT2D eigenvalue weighted by Gasteiger charge is -2.12. The second kappa shape index (κ2) is 9.73. The zero-order valence-corrected chi connectivity index (χ0v) is 14.0. The molecule has 0 amide bonds. The maximum absolute atomic E-state index is 11.0. The normalized spacial score (nSPS) is 11.6. The number of nitrogens with zero attached hydrogens (tertiary/aromatic N) is 1. The van der Waals surface area contributed by atoms with Gasteiger partial charge in [0.2, 0.25) is 0 Å². The molecule has 0 aliphatic rings. The minimum absolute atomic E-state index is 0.0952. The molecular weight excluding hydrogens is 310 g/mol. The van der Waals surface area contributed by atoms with Gasteiger partial charge in [-0.3, -0.25) is 9.17 Å². The minimum Gasteiger partial charge on any atom is -0.493 e. The predicted octanol–water partition coefficient (Wildman–Crippen LogP) is 1.30. The summed E-state index contributed by atoms with van der Waals surface area (Å²) >= 11 is 0. The van der Waals surface area contributed by atoms with Crippen LogP contribution in [0.1, 0.15) is 17.7 Å². The average molecular weight is 333 g/mol. The fraction of sp³-hybridized carbons (Fsp3) is 0.643. The Morgan fingerprint density at radius 2 is 1.95 bits per heavy atom. The molecule has 0 bridgehead atoms. The van der Waals surface area contributed by atoms with Gasteiger partial charge in [0.1, 0.15) is 12.4 Å². The zero-order chi connectivity index (χ0) is 16.4. The first-order valence-electron chi connectivity index (χ1n) is 6.92. The van der Waals surface area contributed by atoms with Gasteiger partial charge in [-0.1, -0.05) is 0 Å². The van der Waals surface area contributed by atoms with Gasteiger partial charge >= 0.3 is 0 Å². The summed E-state index contributed by atoms with van der Waals surface area (Å²) in [6, 6.07) is 1.74. The fourth-order valence-electron chi connectivity index (χ4n) is 1.61. The number of aromatic nitrogens is 1. The van der Waals surface area contributed by atoms with Crippen molar-refractivity contribution in [2.45, 2.75) is 20.0 Å². The number of ether oxygens (including phenoxy) is 3. The average Bonchev–Trinajstić information content (AvgIpc) is 2.45. The lowest BCUT2D eigenvalue weighted by atomic mass is 10.2. The Bertz CT molecular complexity index is 546. The Labute approximate surface area is 131 Å². The van der Waals surface area contributed by atoms with E-state index in [0.717, 1.165) is 18.2 Å². The van der Waals surface area contributed by atoms with Crippen molar-refractivity contribution in [2.24, 2.45) is 0 Å². The minimum atomic E-state index is -3.49. The van der Waals surface area contributed by atoms with Gasteiger partial charge in [0.25, 0.3) is 10.1 Å². The van der Waals surface area contributed by atoms with Crippen LogP contribution in [0.3, 0.4) is 0 Å². The molecule has 0 spiro atoms. The van der Waals surface area contributed by atoms with Crippen LogP contribution < -0.4 is 4.74 Å². The molecule has 22 heavy (non-hydrogen) atoms. The number of pyridine rings is 1. The van der Waals surface area contributed by atoms with Crippen LogP contribution in [-0.2, 0) is 30.4 Å². The van der Waals surface area contributed by atoms with Crippen LogP contribution in [0.2, 0.25) is 0 Å². The maximum Gasteiger partial charge on any atom is 0.264 e. The monoisotopic (exact) mass is 333 g/mol. The topological polar surface area (TPSA) is 83.9 Å². The van der Waals surface area contributed by atoms with E-state index in [1.807, 2.05) is 6.92 Å². The molecule has 0 saturated carbocycles. The van der Waals surface area contributed by atoms with E-state index in [2.05, 4.69) is 4.98 Å². The second-order valence-corrected chi connectivity index (χ2v) is 6.30. The molecule has 0 unspecified atom stereocenters. The molecule has 0 fully saturated rings. The summed E-state index contributed by atoms with van der Waals surface area (Å²) in [5, 5.41) is 0. The van der Waals surface area contributed by atoms with Crippen LogP contribution in [0.4, 0.5) is 0 Å². The van der Waals surface area contributed by atoms with Crippen LogP contribution in [0.5, 0.6) is 5.75 Å². The molecule has 1 rings (SSSR count). The van der Waals surface area contributed by atoms with E-state index in [4.69, 9.17) is 18.4 Å². The lowest BCUT2D eigenvalue weighted by molar-refractivity contribution is 0.0644. The summed E-state index contributed by atoms with van der Waals surface area (Å²) in [5.41, 5.74) is 1.31. The van der Waals surface area contributed by atoms with Gasteiger partial charge in [0.05, 0.1) is 31.8 Å². The maximum atomic E-state index is 11.0. The molecule has 1 aromatic heterocycles. The van der Waals surface area contributed by atoms with Crippen molar-refractivity contribution in [3.8, 4) is 5.75 Å². The summed E-state index contributed by atoms with van der Waals surface area (Å²) < 4.78 is 42.7. The van der Waals surface area contributed by atoms with E-state index in [9.17, 15) is 8.42 Å². The molecule has 0 aliphatic heterocycles. The summed E-state index contributed by atoms with van der Waals surface area (Å²) in [6.45, 7) is 3.97. The van der Waals surface area contributed by atoms with E-state index in [-0.39, 0.29) is 6.61 Å². The Morgan fingerprint density at radius 1 is 1.18 bits per heavy atom. The zero-order valence-electron chi connectivity index (χ0n) is 13.2. The third kappa shape index (κ3) is 7.69. The molecular formula is C14H23NO6S. The van der Waals surface area contributed by atoms with Gasteiger partial charge < -0.3 is 14.2 Å². The highest BCUT2D eigenvalue weighted by Gasteiger charge is 2.10. The Balaban J connectivity index is 2.41. The molecule has 1 heterocycles. The first-order valence-corrected chi connectivity index (χ1v) is 8.74. The first-order chi connectivity index (χ1) is 10.4. The summed E-state index contributed by atoms with van der Waals surface area (Å²) in [6.07, 6.45) is 3.32.